The van der Waals surface area contributed by atoms with Crippen LogP contribution in [0.2, 0.25) is 0 Å². The number of hydrogen-bond donors (Lipinski definition) is 5. The molecule has 1 saturated heterocycles. The minimum atomic E-state index is -1.26. The van der Waals surface area contributed by atoms with Crippen LogP contribution in [-0.2, 0) is 4.74 Å². The second-order valence-corrected chi connectivity index (χ2v) is 8.24. The summed E-state index contributed by atoms with van der Waals surface area (Å²) in [6.07, 6.45) is -2.92. The van der Waals surface area contributed by atoms with Gasteiger partial charge in [-0.05, 0) is 11.1 Å². The molecule has 10 nitrogen and oxygen atoms in total. The van der Waals surface area contributed by atoms with Crippen molar-refractivity contribution in [3.8, 4) is 0 Å². The second-order valence-electron chi connectivity index (χ2n) is 8.24. The van der Waals surface area contributed by atoms with Crippen LogP contribution in [0.25, 0.3) is 11.2 Å². The number of ether oxygens (including phenoxy) is 1. The lowest BCUT2D eigenvalue weighted by Gasteiger charge is -2.20. The molecule has 0 saturated carbocycles. The van der Waals surface area contributed by atoms with Crippen LogP contribution in [0, 0.1) is 0 Å². The molecule has 3 heterocycles. The van der Waals surface area contributed by atoms with Crippen LogP contribution in [0.3, 0.4) is 0 Å². The maximum atomic E-state index is 10.4. The van der Waals surface area contributed by atoms with E-state index >= 15 is 0 Å². The molecule has 5 rings (SSSR count). The monoisotopic (exact) mass is 462 g/mol. The fraction of sp³-hybridized carbons (Fsp3) is 0.292. The van der Waals surface area contributed by atoms with E-state index < -0.39 is 31.1 Å². The molecule has 6 N–H and O–H groups in total. The Labute approximate surface area is 195 Å². The van der Waals surface area contributed by atoms with Crippen molar-refractivity contribution in [1.29, 1.82) is 0 Å². The lowest BCUT2D eigenvalue weighted by molar-refractivity contribution is -0.0511. The van der Waals surface area contributed by atoms with Gasteiger partial charge < -0.3 is 31.1 Å². The number of nitrogens with two attached hydrogens (primary N) is 1. The topological polar surface area (TPSA) is 152 Å². The van der Waals surface area contributed by atoms with Crippen molar-refractivity contribution in [3.05, 3.63) is 78.1 Å². The van der Waals surface area contributed by atoms with Crippen LogP contribution < -0.4 is 11.1 Å². The van der Waals surface area contributed by atoms with Gasteiger partial charge in [0.25, 0.3) is 0 Å². The third-order valence-electron chi connectivity index (χ3n) is 6.11. The number of nitrogens with zero attached hydrogens (tertiary/aromatic N) is 4. The number of aromatic nitrogens is 4. The number of rotatable bonds is 7. The Morgan fingerprint density at radius 1 is 0.971 bits per heavy atom. The van der Waals surface area contributed by atoms with E-state index in [1.165, 1.54) is 10.9 Å². The van der Waals surface area contributed by atoms with Crippen molar-refractivity contribution < 1.29 is 20.1 Å². The lowest BCUT2D eigenvalue weighted by atomic mass is 9.91. The summed E-state index contributed by atoms with van der Waals surface area (Å²) in [6, 6.07) is 20.3. The van der Waals surface area contributed by atoms with Crippen LogP contribution in [0.15, 0.2) is 67.0 Å². The van der Waals surface area contributed by atoms with Crippen LogP contribution in [0.4, 0.5) is 11.8 Å². The molecular formula is C24H26N6O4. The minimum absolute atomic E-state index is 0.0273. The van der Waals surface area contributed by atoms with E-state index in [-0.39, 0.29) is 11.9 Å². The van der Waals surface area contributed by atoms with Gasteiger partial charge in [-0.3, -0.25) is 4.57 Å². The summed E-state index contributed by atoms with van der Waals surface area (Å²) in [7, 11) is 0. The van der Waals surface area contributed by atoms with Crippen LogP contribution in [-0.4, -0.2) is 66.3 Å². The summed E-state index contributed by atoms with van der Waals surface area (Å²) in [5.74, 6) is 0.528. The number of anilines is 2. The Morgan fingerprint density at radius 3 is 2.21 bits per heavy atom. The number of imidazole rings is 1. The number of benzene rings is 2. The minimum Gasteiger partial charge on any atom is -0.394 e. The van der Waals surface area contributed by atoms with Gasteiger partial charge in [0.1, 0.15) is 18.3 Å². The summed E-state index contributed by atoms with van der Waals surface area (Å²) in [5.41, 5.74) is 9.10. The molecule has 0 bridgehead atoms. The van der Waals surface area contributed by atoms with Gasteiger partial charge in [-0.2, -0.15) is 9.97 Å². The van der Waals surface area contributed by atoms with E-state index in [1.807, 2.05) is 36.4 Å². The number of nitrogen functional groups attached to an aromatic ring is 1. The van der Waals surface area contributed by atoms with Crippen LogP contribution >= 0.6 is 0 Å². The molecule has 4 aromatic rings. The smallest absolute Gasteiger partial charge is 0.224 e. The fourth-order valence-electron chi connectivity index (χ4n) is 4.35. The molecule has 2 aromatic heterocycles. The van der Waals surface area contributed by atoms with Gasteiger partial charge in [-0.15, -0.1) is 0 Å². The van der Waals surface area contributed by atoms with Gasteiger partial charge in [0, 0.05) is 12.5 Å². The Kier molecular flexibility index (Phi) is 6.12. The number of aliphatic hydroxyl groups excluding tert-OH is 3. The average molecular weight is 463 g/mol. The van der Waals surface area contributed by atoms with Crippen molar-refractivity contribution in [3.63, 3.8) is 0 Å². The average Bonchev–Trinajstić information content (AvgIpc) is 3.41. The van der Waals surface area contributed by atoms with E-state index in [4.69, 9.17) is 10.5 Å². The summed E-state index contributed by atoms with van der Waals surface area (Å²) in [4.78, 5) is 13.1. The van der Waals surface area contributed by atoms with Crippen molar-refractivity contribution in [2.45, 2.75) is 30.5 Å². The highest BCUT2D eigenvalue weighted by Gasteiger charge is 2.44. The van der Waals surface area contributed by atoms with Gasteiger partial charge >= 0.3 is 0 Å². The van der Waals surface area contributed by atoms with Crippen LogP contribution in [0.1, 0.15) is 23.3 Å². The van der Waals surface area contributed by atoms with Gasteiger partial charge in [0.05, 0.1) is 12.9 Å². The fourth-order valence-corrected chi connectivity index (χ4v) is 4.35. The van der Waals surface area contributed by atoms with Crippen molar-refractivity contribution >= 4 is 22.9 Å². The molecule has 10 heteroatoms. The summed E-state index contributed by atoms with van der Waals surface area (Å²) < 4.78 is 7.13. The van der Waals surface area contributed by atoms with Crippen LogP contribution in [0.5, 0.6) is 0 Å². The molecule has 0 amide bonds. The SMILES string of the molecule is Nc1nc(NCC(c2ccccc2)c2ccccc2)c2ncn([C@@H]3O[C@H](CO)C(O)C3O)c2n1. The van der Waals surface area contributed by atoms with E-state index in [0.29, 0.717) is 23.5 Å². The standard InChI is InChI=1S/C24H26N6O4/c25-24-28-21(26-11-16(14-7-3-1-4-8-14)15-9-5-2-6-10-15)18-22(29-24)30(13-27-18)23-20(33)19(32)17(12-31)34-23/h1-10,13,16-17,19-20,23,31-33H,11-12H2,(H3,25,26,28,29)/t17-,19?,20?,23-/m1/s1. The van der Waals surface area contributed by atoms with E-state index in [1.54, 1.807) is 0 Å². The van der Waals surface area contributed by atoms with Crippen molar-refractivity contribution in [2.75, 3.05) is 24.2 Å². The van der Waals surface area contributed by atoms with Gasteiger partial charge in [0.2, 0.25) is 5.95 Å². The van der Waals surface area contributed by atoms with Gasteiger partial charge in [0.15, 0.2) is 23.2 Å². The Balaban J connectivity index is 1.46. The Bertz CT molecular complexity index is 1210. The Hall–Kier alpha value is -3.57. The quantitative estimate of drug-likeness (QED) is 0.273. The van der Waals surface area contributed by atoms with Gasteiger partial charge in [-0.1, -0.05) is 60.7 Å². The van der Waals surface area contributed by atoms with E-state index in [9.17, 15) is 15.3 Å². The number of hydrogen-bond acceptors (Lipinski definition) is 9. The molecule has 34 heavy (non-hydrogen) atoms. The molecule has 1 fully saturated rings. The number of nitrogens with one attached hydrogen (secondary N) is 1. The maximum absolute atomic E-state index is 10.4. The van der Waals surface area contributed by atoms with Gasteiger partial charge in [-0.25, -0.2) is 4.98 Å². The highest BCUT2D eigenvalue weighted by Crippen LogP contribution is 2.33. The summed E-state index contributed by atoms with van der Waals surface area (Å²) in [5, 5.41) is 33.3. The third kappa shape index (κ3) is 4.08. The molecule has 4 atom stereocenters. The van der Waals surface area contributed by atoms with Crippen molar-refractivity contribution in [1.82, 2.24) is 19.5 Å². The largest absolute Gasteiger partial charge is 0.394 e. The van der Waals surface area contributed by atoms with E-state index in [2.05, 4.69) is 44.5 Å². The lowest BCUT2D eigenvalue weighted by Crippen LogP contribution is -2.33. The predicted molar refractivity (Wildman–Crippen MR) is 126 cm³/mol. The highest BCUT2D eigenvalue weighted by molar-refractivity contribution is 5.84. The number of fused-ring (bicyclic) bond motifs is 1. The molecule has 1 aliphatic heterocycles. The van der Waals surface area contributed by atoms with Crippen molar-refractivity contribution in [2.24, 2.45) is 0 Å². The molecule has 1 aliphatic rings. The molecule has 0 radical (unpaired) electrons. The zero-order chi connectivity index (χ0) is 23.7. The molecule has 2 unspecified atom stereocenters. The highest BCUT2D eigenvalue weighted by atomic mass is 16.6. The number of aliphatic hydroxyl groups is 3. The molecular weight excluding hydrogens is 436 g/mol. The second kappa shape index (κ2) is 9.35. The zero-order valence-corrected chi connectivity index (χ0v) is 18.3. The Morgan fingerprint density at radius 2 is 1.62 bits per heavy atom. The van der Waals surface area contributed by atoms with E-state index in [0.717, 1.165) is 11.1 Å². The first kappa shape index (κ1) is 22.2. The first-order valence-corrected chi connectivity index (χ1v) is 11.0. The third-order valence-corrected chi connectivity index (χ3v) is 6.11. The maximum Gasteiger partial charge on any atom is 0.224 e. The molecule has 2 aromatic carbocycles. The molecule has 0 aliphatic carbocycles. The summed E-state index contributed by atoms with van der Waals surface area (Å²) >= 11 is 0. The zero-order valence-electron chi connectivity index (χ0n) is 18.3. The molecule has 176 valence electrons. The molecule has 0 spiro atoms. The predicted octanol–water partition coefficient (Wildman–Crippen LogP) is 1.26. The first-order chi connectivity index (χ1) is 16.6. The first-order valence-electron chi connectivity index (χ1n) is 11.0. The normalized spacial score (nSPS) is 22.5. The summed E-state index contributed by atoms with van der Waals surface area (Å²) in [6.45, 7) is 0.103.